The van der Waals surface area contributed by atoms with E-state index in [0.29, 0.717) is 29.6 Å². The van der Waals surface area contributed by atoms with E-state index in [0.717, 1.165) is 18.6 Å². The summed E-state index contributed by atoms with van der Waals surface area (Å²) in [6.07, 6.45) is 5.89. The number of halogens is 1. The number of nitrogens with one attached hydrogen (secondary N) is 1. The van der Waals surface area contributed by atoms with Crippen LogP contribution in [0.4, 0.5) is 4.39 Å². The third-order valence-electron chi connectivity index (χ3n) is 5.67. The van der Waals surface area contributed by atoms with E-state index >= 15 is 0 Å². The molecule has 0 bridgehead atoms. The molecule has 3 N–H and O–H groups in total. The molecule has 0 radical (unpaired) electrons. The van der Waals surface area contributed by atoms with Crippen LogP contribution in [0.5, 0.6) is 5.75 Å². The Balaban J connectivity index is 1.27. The van der Waals surface area contributed by atoms with E-state index in [2.05, 4.69) is 17.4 Å². The quantitative estimate of drug-likeness (QED) is 0.820. The SMILES string of the molecule is N[C@H]1CC[C@H](N[C@H]2C[C@@H]2c2ccc(OCc3ccccc3F)cc2)CC1. The summed E-state index contributed by atoms with van der Waals surface area (Å²) in [7, 11) is 0. The summed E-state index contributed by atoms with van der Waals surface area (Å²) in [6.45, 7) is 0.253. The second-order valence-corrected chi connectivity index (χ2v) is 7.68. The van der Waals surface area contributed by atoms with E-state index in [4.69, 9.17) is 10.5 Å². The predicted octanol–water partition coefficient (Wildman–Crippen LogP) is 4.12. The van der Waals surface area contributed by atoms with Gasteiger partial charge in [0.05, 0.1) is 0 Å². The maximum atomic E-state index is 13.6. The Morgan fingerprint density at radius 3 is 2.46 bits per heavy atom. The fourth-order valence-corrected chi connectivity index (χ4v) is 3.92. The van der Waals surface area contributed by atoms with Crippen LogP contribution >= 0.6 is 0 Å². The van der Waals surface area contributed by atoms with Crippen molar-refractivity contribution in [2.75, 3.05) is 0 Å². The first-order chi connectivity index (χ1) is 12.7. The lowest BCUT2D eigenvalue weighted by molar-refractivity contribution is 0.300. The van der Waals surface area contributed by atoms with Gasteiger partial charge in [-0.05, 0) is 55.9 Å². The van der Waals surface area contributed by atoms with Crippen molar-refractivity contribution in [2.45, 2.75) is 62.8 Å². The highest BCUT2D eigenvalue weighted by Gasteiger charge is 2.39. The molecule has 0 spiro atoms. The molecular formula is C22H27FN2O. The molecule has 0 aromatic heterocycles. The Kier molecular flexibility index (Phi) is 5.23. The molecule has 0 amide bonds. The molecule has 0 aliphatic heterocycles. The average molecular weight is 354 g/mol. The molecule has 0 unspecified atom stereocenters. The van der Waals surface area contributed by atoms with Gasteiger partial charge in [0, 0.05) is 29.6 Å². The highest BCUT2D eigenvalue weighted by Crippen LogP contribution is 2.42. The van der Waals surface area contributed by atoms with E-state index in [1.807, 2.05) is 18.2 Å². The van der Waals surface area contributed by atoms with Crippen molar-refractivity contribution in [3.8, 4) is 5.75 Å². The second kappa shape index (κ2) is 7.77. The maximum absolute atomic E-state index is 13.6. The monoisotopic (exact) mass is 354 g/mol. The van der Waals surface area contributed by atoms with Gasteiger partial charge in [0.2, 0.25) is 0 Å². The topological polar surface area (TPSA) is 47.3 Å². The number of nitrogens with two attached hydrogens (primary N) is 1. The van der Waals surface area contributed by atoms with Crippen molar-refractivity contribution in [3.63, 3.8) is 0 Å². The van der Waals surface area contributed by atoms with Crippen LogP contribution in [0.3, 0.4) is 0 Å². The zero-order valence-electron chi connectivity index (χ0n) is 15.0. The first-order valence-corrected chi connectivity index (χ1v) is 9.67. The van der Waals surface area contributed by atoms with Gasteiger partial charge in [-0.25, -0.2) is 4.39 Å². The molecule has 3 nitrogen and oxygen atoms in total. The normalized spacial score (nSPS) is 27.9. The number of ether oxygens (including phenoxy) is 1. The Hall–Kier alpha value is -1.91. The second-order valence-electron chi connectivity index (χ2n) is 7.68. The van der Waals surface area contributed by atoms with Gasteiger partial charge in [-0.1, -0.05) is 30.3 Å². The standard InChI is InChI=1S/C22H27FN2O/c23-21-4-2-1-3-16(21)14-26-19-11-5-15(6-12-19)20-13-22(20)25-18-9-7-17(24)8-10-18/h1-6,11-12,17-18,20,22,25H,7-10,13-14,24H2/t17-,18-,20-,22+/m1/s1. The van der Waals surface area contributed by atoms with E-state index in [-0.39, 0.29) is 12.4 Å². The highest BCUT2D eigenvalue weighted by atomic mass is 19.1. The summed E-state index contributed by atoms with van der Waals surface area (Å²) < 4.78 is 19.4. The van der Waals surface area contributed by atoms with Crippen molar-refractivity contribution in [1.82, 2.24) is 5.32 Å². The minimum Gasteiger partial charge on any atom is -0.489 e. The van der Waals surface area contributed by atoms with Gasteiger partial charge in [-0.15, -0.1) is 0 Å². The molecule has 0 saturated heterocycles. The third-order valence-corrected chi connectivity index (χ3v) is 5.67. The zero-order chi connectivity index (χ0) is 17.9. The average Bonchev–Trinajstić information content (AvgIpc) is 3.43. The first kappa shape index (κ1) is 17.5. The first-order valence-electron chi connectivity index (χ1n) is 9.67. The lowest BCUT2D eigenvalue weighted by atomic mass is 9.92. The van der Waals surface area contributed by atoms with E-state index < -0.39 is 0 Å². The van der Waals surface area contributed by atoms with Crippen molar-refractivity contribution >= 4 is 0 Å². The van der Waals surface area contributed by atoms with Gasteiger partial charge in [-0.2, -0.15) is 0 Å². The summed E-state index contributed by atoms with van der Waals surface area (Å²) >= 11 is 0. The maximum Gasteiger partial charge on any atom is 0.129 e. The molecule has 2 saturated carbocycles. The highest BCUT2D eigenvalue weighted by molar-refractivity contribution is 5.34. The Morgan fingerprint density at radius 1 is 1.00 bits per heavy atom. The van der Waals surface area contributed by atoms with Crippen LogP contribution in [0.2, 0.25) is 0 Å². The molecule has 2 aromatic carbocycles. The molecular weight excluding hydrogens is 327 g/mol. The predicted molar refractivity (Wildman–Crippen MR) is 102 cm³/mol. The van der Waals surface area contributed by atoms with Crippen LogP contribution in [0.25, 0.3) is 0 Å². The minimum atomic E-state index is -0.223. The molecule has 138 valence electrons. The van der Waals surface area contributed by atoms with Gasteiger partial charge >= 0.3 is 0 Å². The van der Waals surface area contributed by atoms with Gasteiger partial charge < -0.3 is 15.8 Å². The Morgan fingerprint density at radius 2 is 1.73 bits per heavy atom. The minimum absolute atomic E-state index is 0.223. The molecule has 26 heavy (non-hydrogen) atoms. The van der Waals surface area contributed by atoms with Crippen molar-refractivity contribution in [3.05, 3.63) is 65.5 Å². The lowest BCUT2D eigenvalue weighted by Gasteiger charge is -2.27. The van der Waals surface area contributed by atoms with Crippen LogP contribution in [0.1, 0.15) is 49.1 Å². The lowest BCUT2D eigenvalue weighted by Crippen LogP contribution is -2.38. The fourth-order valence-electron chi connectivity index (χ4n) is 3.92. The molecule has 4 rings (SSSR count). The van der Waals surface area contributed by atoms with Crippen LogP contribution in [-0.2, 0) is 6.61 Å². The largest absolute Gasteiger partial charge is 0.489 e. The summed E-state index contributed by atoms with van der Waals surface area (Å²) in [5.41, 5.74) is 7.92. The molecule has 0 heterocycles. The molecule has 2 aromatic rings. The third kappa shape index (κ3) is 4.25. The van der Waals surface area contributed by atoms with Crippen LogP contribution < -0.4 is 15.8 Å². The van der Waals surface area contributed by atoms with Crippen LogP contribution in [0.15, 0.2) is 48.5 Å². The fraction of sp³-hybridized carbons (Fsp3) is 0.455. The summed E-state index contributed by atoms with van der Waals surface area (Å²) in [4.78, 5) is 0. The van der Waals surface area contributed by atoms with Gasteiger partial charge in [0.25, 0.3) is 0 Å². The van der Waals surface area contributed by atoms with Crippen LogP contribution in [0, 0.1) is 5.82 Å². The van der Waals surface area contributed by atoms with Gasteiger partial charge in [-0.3, -0.25) is 0 Å². The number of hydrogen-bond acceptors (Lipinski definition) is 3. The van der Waals surface area contributed by atoms with Gasteiger partial charge in [0.1, 0.15) is 18.2 Å². The van der Waals surface area contributed by atoms with Gasteiger partial charge in [0.15, 0.2) is 0 Å². The summed E-state index contributed by atoms with van der Waals surface area (Å²) in [5, 5.41) is 3.80. The van der Waals surface area contributed by atoms with Crippen molar-refractivity contribution < 1.29 is 9.13 Å². The summed E-state index contributed by atoms with van der Waals surface area (Å²) in [6, 6.07) is 16.6. The molecule has 4 heteroatoms. The van der Waals surface area contributed by atoms with E-state index in [1.54, 1.807) is 12.1 Å². The molecule has 2 aliphatic rings. The van der Waals surface area contributed by atoms with Crippen LogP contribution in [-0.4, -0.2) is 18.1 Å². The molecule has 2 fully saturated rings. The molecule has 2 atom stereocenters. The van der Waals surface area contributed by atoms with E-state index in [9.17, 15) is 4.39 Å². The smallest absolute Gasteiger partial charge is 0.129 e. The van der Waals surface area contributed by atoms with Crippen molar-refractivity contribution in [1.29, 1.82) is 0 Å². The Labute approximate surface area is 154 Å². The molecule has 2 aliphatic carbocycles. The van der Waals surface area contributed by atoms with Crippen molar-refractivity contribution in [2.24, 2.45) is 5.73 Å². The number of benzene rings is 2. The zero-order valence-corrected chi connectivity index (χ0v) is 15.0. The number of hydrogen-bond donors (Lipinski definition) is 2. The Bertz CT molecular complexity index is 725. The summed E-state index contributed by atoms with van der Waals surface area (Å²) in [5.74, 6) is 1.16. The number of rotatable bonds is 6. The van der Waals surface area contributed by atoms with E-state index in [1.165, 1.54) is 30.9 Å².